The van der Waals surface area contributed by atoms with Gasteiger partial charge in [-0.25, -0.2) is 13.2 Å². The Morgan fingerprint density at radius 2 is 1.80 bits per heavy atom. The van der Waals surface area contributed by atoms with Crippen molar-refractivity contribution >= 4 is 21.8 Å². The van der Waals surface area contributed by atoms with E-state index in [1.54, 1.807) is 12.1 Å². The molecular weight excluding hydrogens is 280 g/mol. The molecule has 0 aliphatic heterocycles. The third-order valence-corrected chi connectivity index (χ3v) is 4.63. The molecule has 110 valence electrons. The molecule has 20 heavy (non-hydrogen) atoms. The van der Waals surface area contributed by atoms with Gasteiger partial charge < -0.3 is 5.32 Å². The average molecular weight is 298 g/mol. The number of amides is 3. The highest BCUT2D eigenvalue weighted by atomic mass is 32.2. The molecular formula is C13H18N2O4S. The number of sulfone groups is 1. The van der Waals surface area contributed by atoms with Crippen LogP contribution in [0.1, 0.15) is 17.5 Å². The maximum atomic E-state index is 12.1. The number of carbonyl (C=O) groups excluding carboxylic acids is 2. The Morgan fingerprint density at radius 3 is 2.35 bits per heavy atom. The fourth-order valence-electron chi connectivity index (χ4n) is 1.50. The quantitative estimate of drug-likeness (QED) is 0.864. The number of nitrogens with one attached hydrogen (secondary N) is 2. The van der Waals surface area contributed by atoms with Crippen LogP contribution in [-0.2, 0) is 14.6 Å². The summed E-state index contributed by atoms with van der Waals surface area (Å²) in [7, 11) is -2.16. The van der Waals surface area contributed by atoms with Gasteiger partial charge in [0.25, 0.3) is 0 Å². The number of aryl methyl sites for hydroxylation is 2. The molecule has 6 nitrogen and oxygen atoms in total. The Hall–Kier alpha value is -1.89. The Balaban J connectivity index is 2.73. The highest BCUT2D eigenvalue weighted by Gasteiger charge is 2.17. The van der Waals surface area contributed by atoms with E-state index in [0.29, 0.717) is 0 Å². The molecule has 1 aromatic rings. The van der Waals surface area contributed by atoms with E-state index in [-0.39, 0.29) is 17.1 Å². The number of carbonyl (C=O) groups is 2. The maximum Gasteiger partial charge on any atom is 0.321 e. The van der Waals surface area contributed by atoms with E-state index in [9.17, 15) is 18.0 Å². The monoisotopic (exact) mass is 298 g/mol. The first kappa shape index (κ1) is 16.2. The van der Waals surface area contributed by atoms with Crippen molar-refractivity contribution in [3.63, 3.8) is 0 Å². The lowest BCUT2D eigenvalue weighted by Gasteiger charge is -2.07. The van der Waals surface area contributed by atoms with Crippen LogP contribution in [0.3, 0.4) is 0 Å². The minimum atomic E-state index is -3.53. The summed E-state index contributed by atoms with van der Waals surface area (Å²) in [6.45, 7) is 3.72. The van der Waals surface area contributed by atoms with E-state index in [4.69, 9.17) is 0 Å². The normalized spacial score (nSPS) is 10.9. The summed E-state index contributed by atoms with van der Waals surface area (Å²) in [5, 5.41) is 4.24. The SMILES string of the molecule is CNC(=O)NC(=O)CCS(=O)(=O)c1ccc(C)c(C)c1. The molecule has 0 aromatic heterocycles. The number of hydrogen-bond donors (Lipinski definition) is 2. The molecule has 0 aliphatic carbocycles. The van der Waals surface area contributed by atoms with E-state index in [1.807, 2.05) is 19.2 Å². The molecule has 1 aromatic carbocycles. The van der Waals surface area contributed by atoms with Gasteiger partial charge >= 0.3 is 6.03 Å². The summed E-state index contributed by atoms with van der Waals surface area (Å²) >= 11 is 0. The summed E-state index contributed by atoms with van der Waals surface area (Å²) in [5.74, 6) is -0.963. The second-order valence-corrected chi connectivity index (χ2v) is 6.55. The van der Waals surface area contributed by atoms with Crippen molar-refractivity contribution in [2.45, 2.75) is 25.2 Å². The Bertz CT molecular complexity index is 623. The van der Waals surface area contributed by atoms with E-state index in [2.05, 4.69) is 5.32 Å². The van der Waals surface area contributed by atoms with Crippen LogP contribution in [-0.4, -0.2) is 33.2 Å². The fraction of sp³-hybridized carbons (Fsp3) is 0.385. The standard InChI is InChI=1S/C13H18N2O4S/c1-9-4-5-11(8-10(9)2)20(18,19)7-6-12(16)15-13(17)14-3/h4-5,8H,6-7H2,1-3H3,(H2,14,15,16,17). The van der Waals surface area contributed by atoms with Crippen LogP contribution in [0.25, 0.3) is 0 Å². The molecule has 0 spiro atoms. The van der Waals surface area contributed by atoms with Gasteiger partial charge in [0.05, 0.1) is 10.6 Å². The summed E-state index contributed by atoms with van der Waals surface area (Å²) in [5.41, 5.74) is 1.88. The zero-order valence-electron chi connectivity index (χ0n) is 11.7. The summed E-state index contributed by atoms with van der Waals surface area (Å²) in [6, 6.07) is 4.18. The van der Waals surface area contributed by atoms with Gasteiger partial charge in [0, 0.05) is 13.5 Å². The van der Waals surface area contributed by atoms with Crippen LogP contribution >= 0.6 is 0 Å². The molecule has 3 amide bonds. The molecule has 0 saturated carbocycles. The van der Waals surface area contributed by atoms with Crippen molar-refractivity contribution < 1.29 is 18.0 Å². The van der Waals surface area contributed by atoms with Crippen LogP contribution in [0.2, 0.25) is 0 Å². The molecule has 2 N–H and O–H groups in total. The smallest absolute Gasteiger partial charge is 0.321 e. The second-order valence-electron chi connectivity index (χ2n) is 4.44. The van der Waals surface area contributed by atoms with Gasteiger partial charge in [-0.2, -0.15) is 0 Å². The number of rotatable bonds is 4. The van der Waals surface area contributed by atoms with E-state index >= 15 is 0 Å². The molecule has 0 aliphatic rings. The molecule has 0 saturated heterocycles. The number of benzene rings is 1. The van der Waals surface area contributed by atoms with Crippen LogP contribution in [0.5, 0.6) is 0 Å². The van der Waals surface area contributed by atoms with Crippen molar-refractivity contribution in [3.8, 4) is 0 Å². The summed E-state index contributed by atoms with van der Waals surface area (Å²) in [6.07, 6.45) is -0.261. The largest absolute Gasteiger partial charge is 0.341 e. The lowest BCUT2D eigenvalue weighted by molar-refractivity contribution is -0.119. The highest BCUT2D eigenvalue weighted by Crippen LogP contribution is 2.16. The first-order chi connectivity index (χ1) is 9.26. The summed E-state index contributed by atoms with van der Waals surface area (Å²) in [4.78, 5) is 22.5. The predicted molar refractivity (Wildman–Crippen MR) is 75.2 cm³/mol. The number of imide groups is 1. The van der Waals surface area contributed by atoms with Crippen molar-refractivity contribution in [1.29, 1.82) is 0 Å². The van der Waals surface area contributed by atoms with Gasteiger partial charge in [0.15, 0.2) is 9.84 Å². The molecule has 0 fully saturated rings. The van der Waals surface area contributed by atoms with Gasteiger partial charge in [-0.15, -0.1) is 0 Å². The Labute approximate surface area is 118 Å². The van der Waals surface area contributed by atoms with E-state index < -0.39 is 21.8 Å². The second kappa shape index (κ2) is 6.51. The first-order valence-electron chi connectivity index (χ1n) is 6.08. The molecule has 0 unspecified atom stereocenters. The Morgan fingerprint density at radius 1 is 1.15 bits per heavy atom. The number of hydrogen-bond acceptors (Lipinski definition) is 4. The van der Waals surface area contributed by atoms with Gasteiger partial charge in [0.2, 0.25) is 5.91 Å². The molecule has 0 atom stereocenters. The minimum absolute atomic E-state index is 0.188. The van der Waals surface area contributed by atoms with Crippen LogP contribution in [0.15, 0.2) is 23.1 Å². The third kappa shape index (κ3) is 4.34. The first-order valence-corrected chi connectivity index (χ1v) is 7.73. The van der Waals surface area contributed by atoms with Crippen molar-refractivity contribution in [2.75, 3.05) is 12.8 Å². The van der Waals surface area contributed by atoms with Gasteiger partial charge in [0.1, 0.15) is 0 Å². The third-order valence-electron chi connectivity index (χ3n) is 2.92. The van der Waals surface area contributed by atoms with Crippen LogP contribution in [0.4, 0.5) is 4.79 Å². The Kier molecular flexibility index (Phi) is 5.26. The van der Waals surface area contributed by atoms with Gasteiger partial charge in [-0.05, 0) is 37.1 Å². The topological polar surface area (TPSA) is 92.3 Å². The summed E-state index contributed by atoms with van der Waals surface area (Å²) < 4.78 is 24.1. The van der Waals surface area contributed by atoms with Crippen LogP contribution in [0, 0.1) is 13.8 Å². The molecule has 1 rings (SSSR count). The molecule has 0 bridgehead atoms. The van der Waals surface area contributed by atoms with Crippen molar-refractivity contribution in [3.05, 3.63) is 29.3 Å². The minimum Gasteiger partial charge on any atom is -0.341 e. The van der Waals surface area contributed by atoms with Crippen LogP contribution < -0.4 is 10.6 Å². The highest BCUT2D eigenvalue weighted by molar-refractivity contribution is 7.91. The van der Waals surface area contributed by atoms with Crippen molar-refractivity contribution in [1.82, 2.24) is 10.6 Å². The lowest BCUT2D eigenvalue weighted by Crippen LogP contribution is -2.38. The predicted octanol–water partition coefficient (Wildman–Crippen LogP) is 0.923. The number of urea groups is 1. The fourth-order valence-corrected chi connectivity index (χ4v) is 2.83. The van der Waals surface area contributed by atoms with Crippen molar-refractivity contribution in [2.24, 2.45) is 0 Å². The molecule has 0 heterocycles. The van der Waals surface area contributed by atoms with E-state index in [0.717, 1.165) is 11.1 Å². The maximum absolute atomic E-state index is 12.1. The zero-order chi connectivity index (χ0) is 15.3. The van der Waals surface area contributed by atoms with Gasteiger partial charge in [-0.3, -0.25) is 10.1 Å². The zero-order valence-corrected chi connectivity index (χ0v) is 12.5. The van der Waals surface area contributed by atoms with Gasteiger partial charge in [-0.1, -0.05) is 6.07 Å². The lowest BCUT2D eigenvalue weighted by atomic mass is 10.1. The molecule has 7 heteroatoms. The molecule has 0 radical (unpaired) electrons. The van der Waals surface area contributed by atoms with E-state index in [1.165, 1.54) is 13.1 Å². The average Bonchev–Trinajstić information content (AvgIpc) is 2.39.